The summed E-state index contributed by atoms with van der Waals surface area (Å²) in [6.07, 6.45) is 4.24. The van der Waals surface area contributed by atoms with Crippen LogP contribution in [0.3, 0.4) is 0 Å². The van der Waals surface area contributed by atoms with E-state index in [2.05, 4.69) is 44.7 Å². The van der Waals surface area contributed by atoms with E-state index in [1.54, 1.807) is 0 Å². The smallest absolute Gasteiger partial charge is 0.0857 e. The Morgan fingerprint density at radius 3 is 2.72 bits per heavy atom. The zero-order chi connectivity index (χ0) is 13.5. The van der Waals surface area contributed by atoms with E-state index in [1.165, 1.54) is 19.3 Å². The molecule has 1 fully saturated rings. The average molecular weight is 256 g/mol. The normalized spacial score (nSPS) is 26.2. The molecule has 0 aromatic rings. The van der Waals surface area contributed by atoms with Crippen LogP contribution in [-0.4, -0.2) is 62.3 Å². The minimum Gasteiger partial charge on any atom is -0.374 e. The third-order valence-corrected chi connectivity index (χ3v) is 3.79. The van der Waals surface area contributed by atoms with Gasteiger partial charge in [-0.1, -0.05) is 33.6 Å². The molecule has 0 bridgehead atoms. The number of unbranched alkanes of at least 4 members (excludes halogenated alkanes) is 1. The highest BCUT2D eigenvalue weighted by atomic mass is 16.5. The van der Waals surface area contributed by atoms with Gasteiger partial charge in [-0.25, -0.2) is 0 Å². The lowest BCUT2D eigenvalue weighted by molar-refractivity contribution is -0.0752. The number of rotatable bonds is 7. The predicted octanol–water partition coefficient (Wildman–Crippen LogP) is 2.46. The van der Waals surface area contributed by atoms with Crippen LogP contribution in [0.15, 0.2) is 0 Å². The molecule has 3 heteroatoms. The molecular weight excluding hydrogens is 224 g/mol. The van der Waals surface area contributed by atoms with Gasteiger partial charge in [0.15, 0.2) is 0 Å². The molecule has 1 aliphatic rings. The molecule has 0 amide bonds. The van der Waals surface area contributed by atoms with E-state index in [9.17, 15) is 0 Å². The first-order valence-corrected chi connectivity index (χ1v) is 7.55. The molecule has 0 aromatic carbocycles. The predicted molar refractivity (Wildman–Crippen MR) is 78.0 cm³/mol. The Bertz CT molecular complexity index is 221. The van der Waals surface area contributed by atoms with E-state index >= 15 is 0 Å². The number of hydrogen-bond acceptors (Lipinski definition) is 3. The molecular formula is C15H32N2O. The molecule has 0 radical (unpaired) electrons. The summed E-state index contributed by atoms with van der Waals surface area (Å²) < 4.78 is 6.03. The van der Waals surface area contributed by atoms with Crippen molar-refractivity contribution in [2.24, 2.45) is 5.92 Å². The van der Waals surface area contributed by atoms with Crippen LogP contribution in [0.25, 0.3) is 0 Å². The minimum atomic E-state index is 0.388. The highest BCUT2D eigenvalue weighted by Crippen LogP contribution is 2.19. The minimum absolute atomic E-state index is 0.388. The quantitative estimate of drug-likeness (QED) is 0.696. The average Bonchev–Trinajstić information content (AvgIpc) is 2.27. The van der Waals surface area contributed by atoms with Gasteiger partial charge < -0.3 is 9.64 Å². The lowest BCUT2D eigenvalue weighted by Gasteiger charge is -2.41. The zero-order valence-electron chi connectivity index (χ0n) is 13.0. The largest absolute Gasteiger partial charge is 0.374 e. The molecule has 1 heterocycles. The number of morpholine rings is 1. The summed E-state index contributed by atoms with van der Waals surface area (Å²) in [4.78, 5) is 4.92. The van der Waals surface area contributed by atoms with Crippen LogP contribution in [0.4, 0.5) is 0 Å². The summed E-state index contributed by atoms with van der Waals surface area (Å²) >= 11 is 0. The van der Waals surface area contributed by atoms with Crippen LogP contribution in [0.1, 0.15) is 40.0 Å². The van der Waals surface area contributed by atoms with Gasteiger partial charge in [0.25, 0.3) is 0 Å². The molecule has 0 spiro atoms. The molecule has 3 nitrogen and oxygen atoms in total. The van der Waals surface area contributed by atoms with Gasteiger partial charge in [0.1, 0.15) is 0 Å². The summed E-state index contributed by atoms with van der Waals surface area (Å²) in [6, 6.07) is 0.605. The van der Waals surface area contributed by atoms with Gasteiger partial charge >= 0.3 is 0 Å². The number of nitrogens with zero attached hydrogens (tertiary/aromatic N) is 2. The highest BCUT2D eigenvalue weighted by molar-refractivity contribution is 4.84. The summed E-state index contributed by atoms with van der Waals surface area (Å²) in [5, 5.41) is 0. The van der Waals surface area contributed by atoms with Crippen LogP contribution >= 0.6 is 0 Å². The molecule has 0 aromatic heterocycles. The third-order valence-electron chi connectivity index (χ3n) is 3.79. The van der Waals surface area contributed by atoms with Gasteiger partial charge in [-0.15, -0.1) is 0 Å². The van der Waals surface area contributed by atoms with Crippen molar-refractivity contribution in [2.75, 3.05) is 40.3 Å². The van der Waals surface area contributed by atoms with E-state index in [0.29, 0.717) is 12.1 Å². The summed E-state index contributed by atoms with van der Waals surface area (Å²) in [7, 11) is 4.47. The Morgan fingerprint density at radius 2 is 2.11 bits per heavy atom. The van der Waals surface area contributed by atoms with Gasteiger partial charge in [0.2, 0.25) is 0 Å². The van der Waals surface area contributed by atoms with Crippen LogP contribution in [-0.2, 0) is 4.74 Å². The van der Waals surface area contributed by atoms with Crippen LogP contribution in [0.2, 0.25) is 0 Å². The van der Waals surface area contributed by atoms with Crippen molar-refractivity contribution in [3.8, 4) is 0 Å². The van der Waals surface area contributed by atoms with E-state index in [1.807, 2.05) is 0 Å². The fourth-order valence-corrected chi connectivity index (χ4v) is 2.91. The SMILES string of the molecule is CCCCC1C(CN(C)CC(C)C)OCCN1C. The lowest BCUT2D eigenvalue weighted by atomic mass is 10.0. The molecule has 2 atom stereocenters. The maximum atomic E-state index is 6.03. The van der Waals surface area contributed by atoms with Crippen LogP contribution in [0.5, 0.6) is 0 Å². The molecule has 2 unspecified atom stereocenters. The molecule has 18 heavy (non-hydrogen) atoms. The monoisotopic (exact) mass is 256 g/mol. The summed E-state index contributed by atoms with van der Waals surface area (Å²) in [5.74, 6) is 0.727. The van der Waals surface area contributed by atoms with Crippen molar-refractivity contribution in [2.45, 2.75) is 52.2 Å². The molecule has 0 N–H and O–H groups in total. The van der Waals surface area contributed by atoms with Crippen molar-refractivity contribution >= 4 is 0 Å². The molecule has 1 saturated heterocycles. The topological polar surface area (TPSA) is 15.7 Å². The number of ether oxygens (including phenoxy) is 1. The Balaban J connectivity index is 2.48. The molecule has 0 aliphatic carbocycles. The maximum absolute atomic E-state index is 6.03. The van der Waals surface area contributed by atoms with Gasteiger partial charge in [-0.2, -0.15) is 0 Å². The van der Waals surface area contributed by atoms with Crippen LogP contribution in [0, 0.1) is 5.92 Å². The van der Waals surface area contributed by atoms with Gasteiger partial charge in [-0.05, 0) is 26.4 Å². The Kier molecular flexibility index (Phi) is 7.20. The Morgan fingerprint density at radius 1 is 1.39 bits per heavy atom. The van der Waals surface area contributed by atoms with Crippen LogP contribution < -0.4 is 0 Å². The Labute approximate surface area is 113 Å². The van der Waals surface area contributed by atoms with Crippen molar-refractivity contribution < 1.29 is 4.74 Å². The number of likely N-dealkylation sites (N-methyl/N-ethyl adjacent to an activating group) is 2. The zero-order valence-corrected chi connectivity index (χ0v) is 13.0. The number of hydrogen-bond donors (Lipinski definition) is 0. The van der Waals surface area contributed by atoms with Gasteiger partial charge in [0.05, 0.1) is 12.7 Å². The van der Waals surface area contributed by atoms with E-state index < -0.39 is 0 Å². The molecule has 108 valence electrons. The fraction of sp³-hybridized carbons (Fsp3) is 1.00. The summed E-state index contributed by atoms with van der Waals surface area (Å²) in [6.45, 7) is 11.0. The molecule has 1 aliphatic heterocycles. The highest BCUT2D eigenvalue weighted by Gasteiger charge is 2.30. The van der Waals surface area contributed by atoms with Gasteiger partial charge in [0, 0.05) is 25.7 Å². The van der Waals surface area contributed by atoms with Crippen molar-refractivity contribution in [1.29, 1.82) is 0 Å². The van der Waals surface area contributed by atoms with Gasteiger partial charge in [-0.3, -0.25) is 4.90 Å². The van der Waals surface area contributed by atoms with Crippen molar-refractivity contribution in [3.05, 3.63) is 0 Å². The third kappa shape index (κ3) is 5.25. The van der Waals surface area contributed by atoms with Crippen molar-refractivity contribution in [3.63, 3.8) is 0 Å². The Hall–Kier alpha value is -0.120. The molecule has 0 saturated carbocycles. The van der Waals surface area contributed by atoms with E-state index in [4.69, 9.17) is 4.74 Å². The standard InChI is InChI=1S/C15H32N2O/c1-6-7-8-14-15(18-10-9-17(14)5)12-16(4)11-13(2)3/h13-15H,6-12H2,1-5H3. The first-order valence-electron chi connectivity index (χ1n) is 7.55. The van der Waals surface area contributed by atoms with E-state index in [0.717, 1.165) is 32.2 Å². The maximum Gasteiger partial charge on any atom is 0.0857 e. The second kappa shape index (κ2) is 8.13. The fourth-order valence-electron chi connectivity index (χ4n) is 2.91. The summed E-state index contributed by atoms with van der Waals surface area (Å²) in [5.41, 5.74) is 0. The molecule has 1 rings (SSSR count). The first-order chi connectivity index (χ1) is 8.54. The lowest BCUT2D eigenvalue weighted by Crippen LogP contribution is -2.53. The second-order valence-electron chi connectivity index (χ2n) is 6.21. The second-order valence-corrected chi connectivity index (χ2v) is 6.21. The first kappa shape index (κ1) is 15.9. The van der Waals surface area contributed by atoms with Crippen molar-refractivity contribution in [1.82, 2.24) is 9.80 Å². The van der Waals surface area contributed by atoms with E-state index in [-0.39, 0.29) is 0 Å².